The first-order valence-corrected chi connectivity index (χ1v) is 4.61. The van der Waals surface area contributed by atoms with Crippen LogP contribution in [0.2, 0.25) is 0 Å². The Kier molecular flexibility index (Phi) is 1.80. The molecule has 4 nitrogen and oxygen atoms in total. The molecular formula is C9H15N3O. The summed E-state index contributed by atoms with van der Waals surface area (Å²) in [7, 11) is 0. The van der Waals surface area contributed by atoms with Crippen molar-refractivity contribution in [2.45, 2.75) is 39.4 Å². The maximum absolute atomic E-state index is 5.69. The number of nitrogen functional groups attached to an aromatic ring is 1. The van der Waals surface area contributed by atoms with E-state index in [-0.39, 0.29) is 0 Å². The highest BCUT2D eigenvalue weighted by Gasteiger charge is 2.33. The highest BCUT2D eigenvalue weighted by molar-refractivity contribution is 5.43. The molecule has 0 amide bonds. The molecule has 0 spiro atoms. The molecule has 13 heavy (non-hydrogen) atoms. The molecule has 0 aliphatic carbocycles. The molecule has 0 bridgehead atoms. The van der Waals surface area contributed by atoms with E-state index >= 15 is 0 Å². The molecule has 2 rings (SSSR count). The largest absolute Gasteiger partial charge is 0.367 e. The van der Waals surface area contributed by atoms with Gasteiger partial charge in [-0.1, -0.05) is 5.16 Å². The lowest BCUT2D eigenvalue weighted by Crippen LogP contribution is -2.28. The zero-order valence-corrected chi connectivity index (χ0v) is 8.24. The first kappa shape index (κ1) is 8.56. The minimum Gasteiger partial charge on any atom is -0.367 e. The second-order valence-corrected chi connectivity index (χ2v) is 3.85. The van der Waals surface area contributed by atoms with Gasteiger partial charge in [0.2, 0.25) is 5.88 Å². The van der Waals surface area contributed by atoms with Crippen molar-refractivity contribution in [3.05, 3.63) is 11.3 Å². The Bertz CT molecular complexity index is 319. The van der Waals surface area contributed by atoms with Crippen molar-refractivity contribution in [3.63, 3.8) is 0 Å². The zero-order valence-electron chi connectivity index (χ0n) is 8.24. The molecule has 1 aliphatic heterocycles. The molecule has 0 saturated heterocycles. The first-order valence-electron chi connectivity index (χ1n) is 4.61. The van der Waals surface area contributed by atoms with E-state index in [1.807, 2.05) is 0 Å². The van der Waals surface area contributed by atoms with Crippen LogP contribution in [0.4, 0.5) is 5.88 Å². The zero-order chi connectivity index (χ0) is 9.59. The van der Waals surface area contributed by atoms with Crippen LogP contribution in [0.3, 0.4) is 0 Å². The van der Waals surface area contributed by atoms with Gasteiger partial charge in [0.1, 0.15) is 5.69 Å². The second-order valence-electron chi connectivity index (χ2n) is 3.85. The lowest BCUT2D eigenvalue weighted by molar-refractivity contribution is 0.173. The summed E-state index contributed by atoms with van der Waals surface area (Å²) in [4.78, 5) is 2.35. The molecule has 0 aromatic carbocycles. The Morgan fingerprint density at radius 2 is 2.31 bits per heavy atom. The summed E-state index contributed by atoms with van der Waals surface area (Å²) in [6.45, 7) is 7.35. The minimum atomic E-state index is 0.334. The molecule has 0 radical (unpaired) electrons. The number of anilines is 1. The SMILES string of the molecule is CC(C)N1Cc2noc(N)c2C1C. The standard InChI is InChI=1S/C9H15N3O/c1-5(2)12-4-7-8(6(12)3)9(10)13-11-7/h5-6H,4,10H2,1-3H3. The molecule has 2 N–H and O–H groups in total. The van der Waals surface area contributed by atoms with E-state index < -0.39 is 0 Å². The highest BCUT2D eigenvalue weighted by Crippen LogP contribution is 2.37. The number of rotatable bonds is 1. The molecule has 1 unspecified atom stereocenters. The molecule has 1 aliphatic rings. The Morgan fingerprint density at radius 3 is 2.85 bits per heavy atom. The molecule has 1 aromatic heterocycles. The highest BCUT2D eigenvalue weighted by atomic mass is 16.5. The maximum atomic E-state index is 5.69. The Hall–Kier alpha value is -1.03. The number of aromatic nitrogens is 1. The van der Waals surface area contributed by atoms with E-state index in [9.17, 15) is 0 Å². The van der Waals surface area contributed by atoms with Crippen molar-refractivity contribution in [2.75, 3.05) is 5.73 Å². The van der Waals surface area contributed by atoms with Gasteiger partial charge in [-0.05, 0) is 20.8 Å². The Balaban J connectivity index is 2.34. The Morgan fingerprint density at radius 1 is 1.62 bits per heavy atom. The fraction of sp³-hybridized carbons (Fsp3) is 0.667. The summed E-state index contributed by atoms with van der Waals surface area (Å²) >= 11 is 0. The molecule has 0 fully saturated rings. The van der Waals surface area contributed by atoms with Crippen molar-refractivity contribution >= 4 is 5.88 Å². The molecule has 0 saturated carbocycles. The summed E-state index contributed by atoms with van der Waals surface area (Å²) in [6, 6.07) is 0.852. The van der Waals surface area contributed by atoms with Crippen LogP contribution in [-0.4, -0.2) is 16.1 Å². The quantitative estimate of drug-likeness (QED) is 0.714. The second kappa shape index (κ2) is 2.73. The van der Waals surface area contributed by atoms with Crippen LogP contribution in [0.1, 0.15) is 38.1 Å². The average molecular weight is 181 g/mol. The third-order valence-electron chi connectivity index (χ3n) is 2.74. The molecule has 2 heterocycles. The molecule has 4 heteroatoms. The number of nitrogens with two attached hydrogens (primary N) is 1. The van der Waals surface area contributed by atoms with E-state index in [0.29, 0.717) is 18.0 Å². The molecule has 72 valence electrons. The van der Waals surface area contributed by atoms with Crippen molar-refractivity contribution in [1.82, 2.24) is 10.1 Å². The van der Waals surface area contributed by atoms with Crippen LogP contribution in [0, 0.1) is 0 Å². The third-order valence-corrected chi connectivity index (χ3v) is 2.74. The van der Waals surface area contributed by atoms with Crippen LogP contribution in [0.15, 0.2) is 4.52 Å². The van der Waals surface area contributed by atoms with Gasteiger partial charge in [-0.3, -0.25) is 4.90 Å². The topological polar surface area (TPSA) is 55.3 Å². The molecule has 1 aromatic rings. The lowest BCUT2D eigenvalue weighted by Gasteiger charge is -2.25. The summed E-state index contributed by atoms with van der Waals surface area (Å²) in [5.41, 5.74) is 7.77. The van der Waals surface area contributed by atoms with E-state index in [1.165, 1.54) is 0 Å². The number of hydrogen-bond acceptors (Lipinski definition) is 4. The van der Waals surface area contributed by atoms with Gasteiger partial charge in [0, 0.05) is 18.6 Å². The summed E-state index contributed by atoms with van der Waals surface area (Å²) in [6.07, 6.45) is 0. The average Bonchev–Trinajstić information content (AvgIpc) is 2.55. The number of hydrogen-bond donors (Lipinski definition) is 1. The van der Waals surface area contributed by atoms with Crippen molar-refractivity contribution in [3.8, 4) is 0 Å². The molecular weight excluding hydrogens is 166 g/mol. The lowest BCUT2D eigenvalue weighted by atomic mass is 10.1. The van der Waals surface area contributed by atoms with E-state index in [2.05, 4.69) is 30.8 Å². The van der Waals surface area contributed by atoms with Gasteiger partial charge in [-0.15, -0.1) is 0 Å². The van der Waals surface area contributed by atoms with Gasteiger partial charge in [-0.2, -0.15) is 0 Å². The minimum absolute atomic E-state index is 0.334. The fourth-order valence-electron chi connectivity index (χ4n) is 2.01. The maximum Gasteiger partial charge on any atom is 0.227 e. The van der Waals surface area contributed by atoms with Crippen LogP contribution >= 0.6 is 0 Å². The monoisotopic (exact) mass is 181 g/mol. The number of fused-ring (bicyclic) bond motifs is 1. The van der Waals surface area contributed by atoms with Gasteiger partial charge in [0.15, 0.2) is 0 Å². The van der Waals surface area contributed by atoms with Crippen molar-refractivity contribution < 1.29 is 4.52 Å². The summed E-state index contributed by atoms with van der Waals surface area (Å²) in [5, 5.41) is 3.94. The normalized spacial score (nSPS) is 22.6. The predicted molar refractivity (Wildman–Crippen MR) is 50.0 cm³/mol. The van der Waals surface area contributed by atoms with Crippen molar-refractivity contribution in [2.24, 2.45) is 0 Å². The van der Waals surface area contributed by atoms with E-state index in [0.717, 1.165) is 17.8 Å². The smallest absolute Gasteiger partial charge is 0.227 e. The predicted octanol–water partition coefficient (Wildman–Crippen LogP) is 1.54. The van der Waals surface area contributed by atoms with Gasteiger partial charge in [0.05, 0.1) is 5.56 Å². The van der Waals surface area contributed by atoms with E-state index in [1.54, 1.807) is 0 Å². The van der Waals surface area contributed by atoms with Gasteiger partial charge in [-0.25, -0.2) is 0 Å². The van der Waals surface area contributed by atoms with Crippen LogP contribution in [-0.2, 0) is 6.54 Å². The van der Waals surface area contributed by atoms with Crippen molar-refractivity contribution in [1.29, 1.82) is 0 Å². The van der Waals surface area contributed by atoms with E-state index in [4.69, 9.17) is 10.3 Å². The third kappa shape index (κ3) is 1.13. The molecule has 1 atom stereocenters. The van der Waals surface area contributed by atoms with Crippen LogP contribution < -0.4 is 5.73 Å². The first-order chi connectivity index (χ1) is 6.11. The van der Waals surface area contributed by atoms with Gasteiger partial charge in [0.25, 0.3) is 0 Å². The number of nitrogens with zero attached hydrogens (tertiary/aromatic N) is 2. The van der Waals surface area contributed by atoms with Gasteiger partial charge < -0.3 is 10.3 Å². The van der Waals surface area contributed by atoms with Gasteiger partial charge >= 0.3 is 0 Å². The van der Waals surface area contributed by atoms with Crippen LogP contribution in [0.25, 0.3) is 0 Å². The summed E-state index contributed by atoms with van der Waals surface area (Å²) in [5.74, 6) is 0.477. The van der Waals surface area contributed by atoms with Crippen LogP contribution in [0.5, 0.6) is 0 Å². The fourth-order valence-corrected chi connectivity index (χ4v) is 2.01. The summed E-state index contributed by atoms with van der Waals surface area (Å²) < 4.78 is 4.94. The Labute approximate surface area is 77.7 Å².